The van der Waals surface area contributed by atoms with Gasteiger partial charge in [0.25, 0.3) is 5.56 Å². The van der Waals surface area contributed by atoms with Gasteiger partial charge in [0.1, 0.15) is 5.58 Å². The molecular formula is C11H13NO3. The second-order valence-corrected chi connectivity index (χ2v) is 2.49. The number of fused-ring (bicyclic) bond motifs is 1. The fourth-order valence-corrected chi connectivity index (χ4v) is 1.08. The summed E-state index contributed by atoms with van der Waals surface area (Å²) < 4.78 is 9.88. The Morgan fingerprint density at radius 3 is 2.60 bits per heavy atom. The van der Waals surface area contributed by atoms with Crippen LogP contribution in [0.1, 0.15) is 13.8 Å². The zero-order valence-corrected chi connectivity index (χ0v) is 8.98. The number of aromatic nitrogens is 1. The number of hydrogen-bond donors (Lipinski definition) is 0. The lowest BCUT2D eigenvalue weighted by Gasteiger charge is -1.97. The van der Waals surface area contributed by atoms with Crippen molar-refractivity contribution in [2.75, 3.05) is 7.11 Å². The van der Waals surface area contributed by atoms with E-state index in [9.17, 15) is 4.79 Å². The van der Waals surface area contributed by atoms with E-state index in [1.165, 1.54) is 7.11 Å². The van der Waals surface area contributed by atoms with Crippen molar-refractivity contribution in [3.63, 3.8) is 0 Å². The maximum Gasteiger partial charge on any atom is 0.397 e. The molecular weight excluding hydrogens is 194 g/mol. The molecule has 0 aliphatic carbocycles. The zero-order chi connectivity index (χ0) is 11.3. The van der Waals surface area contributed by atoms with Gasteiger partial charge < -0.3 is 9.15 Å². The van der Waals surface area contributed by atoms with Gasteiger partial charge in [-0.3, -0.25) is 4.79 Å². The van der Waals surface area contributed by atoms with Crippen LogP contribution in [0, 0.1) is 0 Å². The number of benzene rings is 1. The highest BCUT2D eigenvalue weighted by Gasteiger charge is 2.04. The van der Waals surface area contributed by atoms with Crippen LogP contribution >= 0.6 is 0 Å². The van der Waals surface area contributed by atoms with E-state index in [0.29, 0.717) is 11.0 Å². The summed E-state index contributed by atoms with van der Waals surface area (Å²) in [5, 5.41) is 0.461. The van der Waals surface area contributed by atoms with Crippen molar-refractivity contribution < 1.29 is 9.15 Å². The minimum atomic E-state index is -0.335. The largest absolute Gasteiger partial charge is 0.453 e. The van der Waals surface area contributed by atoms with Crippen LogP contribution in [-0.2, 0) is 0 Å². The molecule has 2 rings (SSSR count). The fourth-order valence-electron chi connectivity index (χ4n) is 1.08. The second kappa shape index (κ2) is 5.14. The molecule has 0 amide bonds. The number of methoxy groups -OCH3 is 1. The summed E-state index contributed by atoms with van der Waals surface area (Å²) in [6.45, 7) is 4.00. The van der Waals surface area contributed by atoms with Crippen LogP contribution in [0.25, 0.3) is 11.0 Å². The third-order valence-corrected chi connectivity index (χ3v) is 1.68. The molecule has 4 nitrogen and oxygen atoms in total. The van der Waals surface area contributed by atoms with Crippen molar-refractivity contribution in [3.8, 4) is 6.08 Å². The molecule has 0 radical (unpaired) electrons. The van der Waals surface area contributed by atoms with E-state index in [1.54, 1.807) is 24.3 Å². The van der Waals surface area contributed by atoms with Gasteiger partial charge in [0.2, 0.25) is 0 Å². The Balaban J connectivity index is 0.000000531. The lowest BCUT2D eigenvalue weighted by Crippen LogP contribution is -2.06. The third kappa shape index (κ3) is 2.34. The van der Waals surface area contributed by atoms with Crippen molar-refractivity contribution in [1.82, 2.24) is 4.98 Å². The van der Waals surface area contributed by atoms with Gasteiger partial charge in [0.05, 0.1) is 12.5 Å². The monoisotopic (exact) mass is 207 g/mol. The predicted molar refractivity (Wildman–Crippen MR) is 58.2 cm³/mol. The van der Waals surface area contributed by atoms with Crippen molar-refractivity contribution >= 4 is 11.0 Å². The molecule has 0 aliphatic rings. The molecule has 0 spiro atoms. The number of para-hydroxylation sites is 1. The van der Waals surface area contributed by atoms with E-state index < -0.39 is 0 Å². The summed E-state index contributed by atoms with van der Waals surface area (Å²) in [4.78, 5) is 14.9. The van der Waals surface area contributed by atoms with Gasteiger partial charge in [0, 0.05) is 0 Å². The number of ether oxygens (including phenoxy) is 1. The van der Waals surface area contributed by atoms with E-state index in [1.807, 2.05) is 13.8 Å². The Hall–Kier alpha value is -1.84. The Bertz CT molecular complexity index is 490. The van der Waals surface area contributed by atoms with Crippen LogP contribution in [0.15, 0.2) is 33.5 Å². The molecule has 15 heavy (non-hydrogen) atoms. The zero-order valence-electron chi connectivity index (χ0n) is 8.98. The van der Waals surface area contributed by atoms with Gasteiger partial charge >= 0.3 is 6.08 Å². The van der Waals surface area contributed by atoms with Crippen LogP contribution in [0.3, 0.4) is 0 Å². The molecule has 80 valence electrons. The van der Waals surface area contributed by atoms with Crippen molar-refractivity contribution in [2.24, 2.45) is 0 Å². The molecule has 0 saturated carbocycles. The molecule has 1 aromatic carbocycles. The summed E-state index contributed by atoms with van der Waals surface area (Å²) in [6.07, 6.45) is -0.0105. The van der Waals surface area contributed by atoms with Crippen molar-refractivity contribution in [2.45, 2.75) is 13.8 Å². The number of rotatable bonds is 1. The first kappa shape index (κ1) is 11.2. The first-order valence-electron chi connectivity index (χ1n) is 4.75. The summed E-state index contributed by atoms with van der Waals surface area (Å²) in [5.41, 5.74) is 0.151. The standard InChI is InChI=1S/C9H7NO3.C2H6/c1-12-9-10-8(11)6-4-2-3-5-7(6)13-9;1-2/h2-5H,1H3;1-2H3. The predicted octanol–water partition coefficient (Wildman–Crippen LogP) is 2.22. The molecule has 0 saturated heterocycles. The van der Waals surface area contributed by atoms with Gasteiger partial charge in [-0.05, 0) is 12.1 Å². The van der Waals surface area contributed by atoms with Crippen LogP contribution in [0.2, 0.25) is 0 Å². The quantitative estimate of drug-likeness (QED) is 0.719. The second-order valence-electron chi connectivity index (χ2n) is 2.49. The Kier molecular flexibility index (Phi) is 3.85. The summed E-state index contributed by atoms with van der Waals surface area (Å²) in [7, 11) is 1.40. The average Bonchev–Trinajstić information content (AvgIpc) is 2.31. The minimum absolute atomic E-state index is 0.0105. The van der Waals surface area contributed by atoms with E-state index in [4.69, 9.17) is 9.15 Å². The lowest BCUT2D eigenvalue weighted by molar-refractivity contribution is 0.289. The Labute approximate surface area is 87.5 Å². The van der Waals surface area contributed by atoms with Crippen molar-refractivity contribution in [3.05, 3.63) is 34.6 Å². The normalized spacial score (nSPS) is 9.27. The summed E-state index contributed by atoms with van der Waals surface area (Å²) in [6, 6.07) is 6.90. The third-order valence-electron chi connectivity index (χ3n) is 1.68. The SMILES string of the molecule is CC.COc1nc(=O)c2ccccc2o1. The molecule has 1 heterocycles. The van der Waals surface area contributed by atoms with Crippen LogP contribution in [-0.4, -0.2) is 12.1 Å². The first-order valence-corrected chi connectivity index (χ1v) is 4.75. The molecule has 0 bridgehead atoms. The Morgan fingerprint density at radius 1 is 1.27 bits per heavy atom. The van der Waals surface area contributed by atoms with Crippen LogP contribution < -0.4 is 10.3 Å². The molecule has 2 aromatic rings. The van der Waals surface area contributed by atoms with Crippen molar-refractivity contribution in [1.29, 1.82) is 0 Å². The number of hydrogen-bond acceptors (Lipinski definition) is 4. The molecule has 0 unspecified atom stereocenters. The first-order chi connectivity index (χ1) is 7.31. The smallest absolute Gasteiger partial charge is 0.397 e. The highest BCUT2D eigenvalue weighted by molar-refractivity contribution is 5.75. The molecule has 0 atom stereocenters. The number of nitrogens with zero attached hydrogens (tertiary/aromatic N) is 1. The Morgan fingerprint density at radius 2 is 1.93 bits per heavy atom. The van der Waals surface area contributed by atoms with E-state index >= 15 is 0 Å². The van der Waals surface area contributed by atoms with Gasteiger partial charge in [-0.2, -0.15) is 0 Å². The molecule has 0 aliphatic heterocycles. The van der Waals surface area contributed by atoms with Gasteiger partial charge in [-0.25, -0.2) is 0 Å². The van der Waals surface area contributed by atoms with Crippen LogP contribution in [0.4, 0.5) is 0 Å². The fraction of sp³-hybridized carbons (Fsp3) is 0.273. The average molecular weight is 207 g/mol. The molecule has 4 heteroatoms. The summed E-state index contributed by atoms with van der Waals surface area (Å²) >= 11 is 0. The minimum Gasteiger partial charge on any atom is -0.453 e. The lowest BCUT2D eigenvalue weighted by atomic mass is 10.3. The van der Waals surface area contributed by atoms with E-state index in [-0.39, 0.29) is 11.6 Å². The maximum absolute atomic E-state index is 11.3. The van der Waals surface area contributed by atoms with Gasteiger partial charge in [-0.1, -0.05) is 26.0 Å². The summed E-state index contributed by atoms with van der Waals surface area (Å²) in [5.74, 6) is 0. The van der Waals surface area contributed by atoms with E-state index in [2.05, 4.69) is 4.98 Å². The molecule has 0 fully saturated rings. The molecule has 1 aromatic heterocycles. The maximum atomic E-state index is 11.3. The highest BCUT2D eigenvalue weighted by atomic mass is 16.6. The molecule has 0 N–H and O–H groups in total. The van der Waals surface area contributed by atoms with Gasteiger partial charge in [-0.15, -0.1) is 4.98 Å². The highest BCUT2D eigenvalue weighted by Crippen LogP contribution is 2.13. The van der Waals surface area contributed by atoms with Gasteiger partial charge in [0.15, 0.2) is 0 Å². The van der Waals surface area contributed by atoms with E-state index in [0.717, 1.165) is 0 Å². The van der Waals surface area contributed by atoms with Crippen LogP contribution in [0.5, 0.6) is 6.08 Å². The topological polar surface area (TPSA) is 52.3 Å².